The molecule has 0 saturated heterocycles. The summed E-state index contributed by atoms with van der Waals surface area (Å²) < 4.78 is 5.14. The van der Waals surface area contributed by atoms with Gasteiger partial charge in [0.15, 0.2) is 0 Å². The Morgan fingerprint density at radius 1 is 1.19 bits per heavy atom. The van der Waals surface area contributed by atoms with Crippen LogP contribution in [0.2, 0.25) is 0 Å². The van der Waals surface area contributed by atoms with Gasteiger partial charge >= 0.3 is 12.0 Å². The van der Waals surface area contributed by atoms with Crippen LogP contribution in [0.3, 0.4) is 0 Å². The van der Waals surface area contributed by atoms with Crippen LogP contribution in [0.25, 0.3) is 0 Å². The van der Waals surface area contributed by atoms with Crippen LogP contribution in [-0.4, -0.2) is 30.1 Å². The minimum atomic E-state index is -0.969. The smallest absolute Gasteiger partial charge is 0.321 e. The molecule has 1 aromatic rings. The first-order chi connectivity index (χ1) is 10.0. The Morgan fingerprint density at radius 2 is 1.90 bits per heavy atom. The van der Waals surface area contributed by atoms with Crippen LogP contribution in [0.4, 0.5) is 4.79 Å². The Bertz CT molecular complexity index is 516. The summed E-state index contributed by atoms with van der Waals surface area (Å²) in [7, 11) is 1.53. The molecule has 0 spiro atoms. The third kappa shape index (κ3) is 6.42. The first-order valence-electron chi connectivity index (χ1n) is 6.44. The molecule has 1 rings (SSSR count). The molecule has 0 bridgehead atoms. The highest BCUT2D eigenvalue weighted by Crippen LogP contribution is 2.16. The molecule has 7 nitrogen and oxygen atoms in total. The summed E-state index contributed by atoms with van der Waals surface area (Å²) in [5.41, 5.74) is 0.786. The third-order valence-electron chi connectivity index (χ3n) is 2.68. The summed E-state index contributed by atoms with van der Waals surface area (Å²) >= 11 is 0. The number of aliphatic carboxylic acids is 1. The second kappa shape index (κ2) is 8.57. The fraction of sp³-hybridized carbons (Fsp3) is 0.357. The number of nitrogens with one attached hydrogen (secondary N) is 2. The molecule has 0 fully saturated rings. The molecule has 1 aromatic carbocycles. The summed E-state index contributed by atoms with van der Waals surface area (Å²) in [6.45, 7) is 0.220. The van der Waals surface area contributed by atoms with Crippen molar-refractivity contribution in [3.05, 3.63) is 29.8 Å². The number of rotatable bonds is 7. The number of ether oxygens (including phenoxy) is 1. The molecule has 3 N–H and O–H groups in total. The van der Waals surface area contributed by atoms with Gasteiger partial charge < -0.3 is 15.2 Å². The number of methoxy groups -OCH3 is 1. The van der Waals surface area contributed by atoms with Crippen molar-refractivity contribution >= 4 is 17.9 Å². The molecule has 3 amide bonds. The monoisotopic (exact) mass is 294 g/mol. The minimum Gasteiger partial charge on any atom is -0.496 e. The zero-order valence-corrected chi connectivity index (χ0v) is 11.7. The molecule has 0 atom stereocenters. The number of carbonyl (C=O) groups excluding carboxylic acids is 2. The van der Waals surface area contributed by atoms with E-state index in [4.69, 9.17) is 9.84 Å². The number of benzene rings is 1. The Morgan fingerprint density at radius 3 is 2.57 bits per heavy atom. The van der Waals surface area contributed by atoms with Crippen LogP contribution in [0.15, 0.2) is 24.3 Å². The van der Waals surface area contributed by atoms with E-state index in [1.54, 1.807) is 12.1 Å². The fourth-order valence-electron chi connectivity index (χ4n) is 1.66. The lowest BCUT2D eigenvalue weighted by Crippen LogP contribution is -2.39. The largest absolute Gasteiger partial charge is 0.496 e. The fourth-order valence-corrected chi connectivity index (χ4v) is 1.66. The third-order valence-corrected chi connectivity index (χ3v) is 2.68. The first kappa shape index (κ1) is 16.5. The van der Waals surface area contributed by atoms with E-state index in [0.717, 1.165) is 5.56 Å². The maximum Gasteiger partial charge on any atom is 0.321 e. The van der Waals surface area contributed by atoms with Gasteiger partial charge in [0, 0.05) is 24.9 Å². The first-order valence-corrected chi connectivity index (χ1v) is 6.44. The Kier molecular flexibility index (Phi) is 6.73. The van der Waals surface area contributed by atoms with E-state index in [1.165, 1.54) is 7.11 Å². The number of amides is 3. The van der Waals surface area contributed by atoms with Gasteiger partial charge in [-0.25, -0.2) is 4.79 Å². The highest BCUT2D eigenvalue weighted by atomic mass is 16.5. The van der Waals surface area contributed by atoms with Crippen molar-refractivity contribution < 1.29 is 24.2 Å². The van der Waals surface area contributed by atoms with Crippen molar-refractivity contribution in [3.8, 4) is 5.75 Å². The van der Waals surface area contributed by atoms with Crippen LogP contribution >= 0.6 is 0 Å². The number of carbonyl (C=O) groups is 3. The molecule has 0 radical (unpaired) electrons. The van der Waals surface area contributed by atoms with E-state index >= 15 is 0 Å². The summed E-state index contributed by atoms with van der Waals surface area (Å²) in [5.74, 6) is -0.831. The van der Waals surface area contributed by atoms with E-state index in [9.17, 15) is 14.4 Å². The molecule has 0 aliphatic rings. The number of imide groups is 1. The minimum absolute atomic E-state index is 0.00558. The molecule has 0 unspecified atom stereocenters. The maximum atomic E-state index is 11.5. The zero-order chi connectivity index (χ0) is 15.7. The summed E-state index contributed by atoms with van der Waals surface area (Å²) in [6.07, 6.45) is 0.0889. The highest BCUT2D eigenvalue weighted by molar-refractivity contribution is 5.94. The lowest BCUT2D eigenvalue weighted by atomic mass is 10.2. The number of carboxylic acids is 1. The Balaban J connectivity index is 2.33. The summed E-state index contributed by atoms with van der Waals surface area (Å²) in [4.78, 5) is 33.2. The molecule has 7 heteroatoms. The van der Waals surface area contributed by atoms with Crippen molar-refractivity contribution in [2.75, 3.05) is 7.11 Å². The molecule has 0 aliphatic heterocycles. The lowest BCUT2D eigenvalue weighted by molar-refractivity contribution is -0.137. The van der Waals surface area contributed by atoms with E-state index in [0.29, 0.717) is 5.75 Å². The normalized spacial score (nSPS) is 9.76. The van der Waals surface area contributed by atoms with Crippen molar-refractivity contribution in [2.24, 2.45) is 0 Å². The van der Waals surface area contributed by atoms with Crippen LogP contribution in [-0.2, 0) is 16.1 Å². The van der Waals surface area contributed by atoms with Gasteiger partial charge in [-0.15, -0.1) is 0 Å². The van der Waals surface area contributed by atoms with Gasteiger partial charge in [0.25, 0.3) is 0 Å². The number of hydrogen-bond acceptors (Lipinski definition) is 4. The van der Waals surface area contributed by atoms with Gasteiger partial charge in [0.2, 0.25) is 5.91 Å². The molecule has 0 saturated carbocycles. The quantitative estimate of drug-likeness (QED) is 0.702. The van der Waals surface area contributed by atoms with E-state index < -0.39 is 17.9 Å². The molecular weight excluding hydrogens is 276 g/mol. The molecule has 0 aliphatic carbocycles. The second-order valence-corrected chi connectivity index (χ2v) is 4.29. The van der Waals surface area contributed by atoms with E-state index in [-0.39, 0.29) is 25.8 Å². The Labute approximate surface area is 122 Å². The predicted octanol–water partition coefficient (Wildman–Crippen LogP) is 1.28. The SMILES string of the molecule is COc1ccccc1CNC(=O)NC(=O)CCCC(=O)O. The molecule has 114 valence electrons. The number of carboxylic acid groups (broad SMARTS) is 1. The van der Waals surface area contributed by atoms with E-state index in [2.05, 4.69) is 10.6 Å². The summed E-state index contributed by atoms with van der Waals surface area (Å²) in [5, 5.41) is 13.1. The predicted molar refractivity (Wildman–Crippen MR) is 74.9 cm³/mol. The zero-order valence-electron chi connectivity index (χ0n) is 11.7. The van der Waals surface area contributed by atoms with E-state index in [1.807, 2.05) is 12.1 Å². The van der Waals surface area contributed by atoms with Gasteiger partial charge in [-0.1, -0.05) is 18.2 Å². The van der Waals surface area contributed by atoms with Crippen LogP contribution in [0, 0.1) is 0 Å². The molecule has 21 heavy (non-hydrogen) atoms. The highest BCUT2D eigenvalue weighted by Gasteiger charge is 2.09. The van der Waals surface area contributed by atoms with Gasteiger partial charge in [-0.2, -0.15) is 0 Å². The van der Waals surface area contributed by atoms with Crippen LogP contribution < -0.4 is 15.4 Å². The van der Waals surface area contributed by atoms with Crippen molar-refractivity contribution in [3.63, 3.8) is 0 Å². The molecule has 0 heterocycles. The van der Waals surface area contributed by atoms with Crippen molar-refractivity contribution in [1.82, 2.24) is 10.6 Å². The topological polar surface area (TPSA) is 105 Å². The number of hydrogen-bond donors (Lipinski definition) is 3. The Hall–Kier alpha value is -2.57. The maximum absolute atomic E-state index is 11.5. The lowest BCUT2D eigenvalue weighted by Gasteiger charge is -2.09. The second-order valence-electron chi connectivity index (χ2n) is 4.29. The van der Waals surface area contributed by atoms with Gasteiger partial charge in [0.05, 0.1) is 7.11 Å². The molecule has 0 aromatic heterocycles. The average molecular weight is 294 g/mol. The van der Waals surface area contributed by atoms with Crippen molar-refractivity contribution in [2.45, 2.75) is 25.8 Å². The van der Waals surface area contributed by atoms with Crippen LogP contribution in [0.1, 0.15) is 24.8 Å². The van der Waals surface area contributed by atoms with Crippen molar-refractivity contribution in [1.29, 1.82) is 0 Å². The van der Waals surface area contributed by atoms with Gasteiger partial charge in [-0.3, -0.25) is 14.9 Å². The van der Waals surface area contributed by atoms with Gasteiger partial charge in [0.1, 0.15) is 5.75 Å². The van der Waals surface area contributed by atoms with Crippen LogP contribution in [0.5, 0.6) is 5.75 Å². The standard InChI is InChI=1S/C14H18N2O5/c1-21-11-6-3-2-5-10(11)9-15-14(20)16-12(17)7-4-8-13(18)19/h2-3,5-6H,4,7-9H2,1H3,(H,18,19)(H2,15,16,17,20). The number of urea groups is 1. The number of para-hydroxylation sites is 1. The molecular formula is C14H18N2O5. The van der Waals surface area contributed by atoms with Gasteiger partial charge in [-0.05, 0) is 12.5 Å². The average Bonchev–Trinajstić information content (AvgIpc) is 2.45. The summed E-state index contributed by atoms with van der Waals surface area (Å²) in [6, 6.07) is 6.57.